The molecule has 182 valence electrons. The van der Waals surface area contributed by atoms with E-state index in [1.807, 2.05) is 29.6 Å². The van der Waals surface area contributed by atoms with Gasteiger partial charge >= 0.3 is 6.18 Å². The third-order valence-electron chi connectivity index (χ3n) is 5.22. The van der Waals surface area contributed by atoms with Crippen LogP contribution in [0, 0.1) is 0 Å². The second kappa shape index (κ2) is 10.0. The number of aromatic amines is 1. The van der Waals surface area contributed by atoms with E-state index in [1.54, 1.807) is 0 Å². The van der Waals surface area contributed by atoms with Gasteiger partial charge in [0.05, 0.1) is 27.4 Å². The number of carbonyl (C=O) groups excluding carboxylic acids is 1. The molecule has 11 heteroatoms. The van der Waals surface area contributed by atoms with Crippen molar-refractivity contribution in [3.63, 3.8) is 0 Å². The predicted octanol–water partition coefficient (Wildman–Crippen LogP) is 7.18. The molecule has 2 N–H and O–H groups in total. The minimum Gasteiger partial charge on any atom is -0.324 e. The molecule has 0 bridgehead atoms. The highest BCUT2D eigenvalue weighted by atomic mass is 35.5. The summed E-state index contributed by atoms with van der Waals surface area (Å²) in [5.74, 6) is -0.374. The number of amides is 1. The van der Waals surface area contributed by atoms with E-state index in [0.717, 1.165) is 41.1 Å². The normalized spacial score (nSPS) is 11.9. The summed E-state index contributed by atoms with van der Waals surface area (Å²) in [6, 6.07) is 10.7. The van der Waals surface area contributed by atoms with E-state index in [4.69, 9.17) is 11.6 Å². The molecule has 0 fully saturated rings. The Balaban J connectivity index is 1.49. The van der Waals surface area contributed by atoms with Gasteiger partial charge in [0.15, 0.2) is 5.16 Å². The molecule has 0 spiro atoms. The number of thiophene rings is 1. The smallest absolute Gasteiger partial charge is 0.324 e. The summed E-state index contributed by atoms with van der Waals surface area (Å²) in [5.41, 5.74) is 1.49. The largest absolute Gasteiger partial charge is 0.416 e. The Morgan fingerprint density at radius 1 is 1.20 bits per heavy atom. The van der Waals surface area contributed by atoms with Crippen LogP contribution in [0.2, 0.25) is 5.02 Å². The molecule has 2 aromatic carbocycles. The highest BCUT2D eigenvalue weighted by Crippen LogP contribution is 2.34. The number of nitrogens with one attached hydrogen (secondary N) is 2. The number of hydrogen-bond acceptors (Lipinski definition) is 5. The molecule has 1 amide bonds. The fraction of sp³-hybridized carbons (Fsp3) is 0.208. The number of fused-ring (bicyclic) bond motifs is 1. The number of alkyl halides is 3. The summed E-state index contributed by atoms with van der Waals surface area (Å²) in [6.07, 6.45) is -4.56. The van der Waals surface area contributed by atoms with Gasteiger partial charge in [-0.05, 0) is 35.2 Å². The first kappa shape index (κ1) is 25.3. The zero-order valence-electron chi connectivity index (χ0n) is 18.5. The van der Waals surface area contributed by atoms with Crippen molar-refractivity contribution in [1.29, 1.82) is 0 Å². The van der Waals surface area contributed by atoms with Crippen LogP contribution in [0.15, 0.2) is 57.8 Å². The minimum atomic E-state index is -4.56. The SMILES string of the molecule is CC(C)c1ccc(-c2csc3nc(SCC(=O)Nc4cc(C(F)(F)F)ccc4Cl)[nH]c(=O)c23)cc1. The fourth-order valence-corrected chi connectivity index (χ4v) is 5.21. The van der Waals surface area contributed by atoms with Crippen molar-refractivity contribution < 1.29 is 18.0 Å². The lowest BCUT2D eigenvalue weighted by Crippen LogP contribution is -2.16. The molecule has 0 aliphatic heterocycles. The fourth-order valence-electron chi connectivity index (χ4n) is 3.38. The van der Waals surface area contributed by atoms with E-state index in [1.165, 1.54) is 16.9 Å². The number of anilines is 1. The predicted molar refractivity (Wildman–Crippen MR) is 136 cm³/mol. The number of carbonyl (C=O) groups is 1. The molecular weight excluding hydrogens is 519 g/mol. The molecule has 0 unspecified atom stereocenters. The van der Waals surface area contributed by atoms with Crippen LogP contribution in [0.4, 0.5) is 18.9 Å². The van der Waals surface area contributed by atoms with E-state index in [9.17, 15) is 22.8 Å². The van der Waals surface area contributed by atoms with Gasteiger partial charge in [0, 0.05) is 10.9 Å². The summed E-state index contributed by atoms with van der Waals surface area (Å²) in [4.78, 5) is 32.8. The van der Waals surface area contributed by atoms with E-state index >= 15 is 0 Å². The third kappa shape index (κ3) is 5.71. The van der Waals surface area contributed by atoms with Gasteiger partial charge in [-0.15, -0.1) is 11.3 Å². The lowest BCUT2D eigenvalue weighted by Gasteiger charge is -2.11. The molecular formula is C24H19ClF3N3O2S2. The van der Waals surface area contributed by atoms with Crippen LogP contribution in [0.3, 0.4) is 0 Å². The van der Waals surface area contributed by atoms with Crippen LogP contribution in [0.1, 0.15) is 30.9 Å². The summed E-state index contributed by atoms with van der Waals surface area (Å²) in [5, 5.41) is 4.93. The number of halogens is 4. The van der Waals surface area contributed by atoms with Gasteiger partial charge in [-0.1, -0.05) is 61.5 Å². The van der Waals surface area contributed by atoms with Gasteiger partial charge < -0.3 is 10.3 Å². The second-order valence-corrected chi connectivity index (χ2v) is 10.2. The van der Waals surface area contributed by atoms with Gasteiger partial charge in [-0.2, -0.15) is 13.2 Å². The first-order valence-corrected chi connectivity index (χ1v) is 12.7. The Bertz CT molecular complexity index is 1450. The van der Waals surface area contributed by atoms with Crippen molar-refractivity contribution in [3.8, 4) is 11.1 Å². The molecule has 0 aliphatic rings. The Kier molecular flexibility index (Phi) is 7.25. The van der Waals surface area contributed by atoms with Crippen LogP contribution < -0.4 is 10.9 Å². The maximum Gasteiger partial charge on any atom is 0.416 e. The average Bonchev–Trinajstić information content (AvgIpc) is 3.23. The molecule has 35 heavy (non-hydrogen) atoms. The second-order valence-electron chi connectivity index (χ2n) is 8.01. The molecule has 5 nitrogen and oxygen atoms in total. The van der Waals surface area contributed by atoms with Crippen molar-refractivity contribution in [2.45, 2.75) is 31.1 Å². The standard InChI is InChI=1S/C24H19ClF3N3O2S2/c1-12(2)13-3-5-14(6-4-13)16-10-34-22-20(16)21(33)30-23(31-22)35-11-19(32)29-18-9-15(24(26,27)28)7-8-17(18)25/h3-10,12H,11H2,1-2H3,(H,29,32)(H,30,31,33). The number of H-pyrrole nitrogens is 1. The number of aromatic nitrogens is 2. The van der Waals surface area contributed by atoms with Crippen molar-refractivity contribution in [2.75, 3.05) is 11.1 Å². The van der Waals surface area contributed by atoms with Crippen LogP contribution in [-0.4, -0.2) is 21.6 Å². The molecule has 0 radical (unpaired) electrons. The Labute approximate surface area is 211 Å². The van der Waals surface area contributed by atoms with Crippen LogP contribution >= 0.6 is 34.7 Å². The van der Waals surface area contributed by atoms with Gasteiger partial charge in [0.1, 0.15) is 4.83 Å². The number of nitrogens with zero attached hydrogens (tertiary/aromatic N) is 1. The lowest BCUT2D eigenvalue weighted by molar-refractivity contribution is -0.137. The van der Waals surface area contributed by atoms with Crippen molar-refractivity contribution in [3.05, 3.63) is 74.3 Å². The van der Waals surface area contributed by atoms with Gasteiger partial charge in [-0.3, -0.25) is 9.59 Å². The van der Waals surface area contributed by atoms with Crippen molar-refractivity contribution in [1.82, 2.24) is 9.97 Å². The third-order valence-corrected chi connectivity index (χ3v) is 7.29. The Hall–Kier alpha value is -2.82. The van der Waals surface area contributed by atoms with Crippen LogP contribution in [0.5, 0.6) is 0 Å². The van der Waals surface area contributed by atoms with E-state index in [0.29, 0.717) is 16.1 Å². The maximum absolute atomic E-state index is 12.9. The first-order chi connectivity index (χ1) is 16.5. The van der Waals surface area contributed by atoms with Crippen LogP contribution in [0.25, 0.3) is 21.3 Å². The van der Waals surface area contributed by atoms with Crippen molar-refractivity contribution in [2.24, 2.45) is 0 Å². The highest BCUT2D eigenvalue weighted by Gasteiger charge is 2.31. The highest BCUT2D eigenvalue weighted by molar-refractivity contribution is 7.99. The molecule has 0 aliphatic carbocycles. The first-order valence-electron chi connectivity index (χ1n) is 10.4. The van der Waals surface area contributed by atoms with Gasteiger partial charge in [0.2, 0.25) is 5.91 Å². The summed E-state index contributed by atoms with van der Waals surface area (Å²) < 4.78 is 38.8. The molecule has 0 saturated heterocycles. The maximum atomic E-state index is 12.9. The summed E-state index contributed by atoms with van der Waals surface area (Å²) >= 11 is 8.21. The Morgan fingerprint density at radius 3 is 2.57 bits per heavy atom. The van der Waals surface area contributed by atoms with E-state index < -0.39 is 17.6 Å². The summed E-state index contributed by atoms with van der Waals surface area (Å²) in [7, 11) is 0. The number of rotatable bonds is 6. The lowest BCUT2D eigenvalue weighted by atomic mass is 9.99. The average molecular weight is 538 g/mol. The van der Waals surface area contributed by atoms with E-state index in [-0.39, 0.29) is 27.2 Å². The van der Waals surface area contributed by atoms with Crippen molar-refractivity contribution >= 4 is 56.5 Å². The van der Waals surface area contributed by atoms with Gasteiger partial charge in [-0.25, -0.2) is 4.98 Å². The molecule has 2 aromatic heterocycles. The minimum absolute atomic E-state index is 0.0168. The quantitative estimate of drug-likeness (QED) is 0.202. The molecule has 4 aromatic rings. The molecule has 0 saturated carbocycles. The topological polar surface area (TPSA) is 74.8 Å². The zero-order valence-corrected chi connectivity index (χ0v) is 20.9. The molecule has 0 atom stereocenters. The monoisotopic (exact) mass is 537 g/mol. The number of hydrogen-bond donors (Lipinski definition) is 2. The Morgan fingerprint density at radius 2 is 1.91 bits per heavy atom. The number of thioether (sulfide) groups is 1. The molecule has 4 rings (SSSR count). The molecule has 2 heterocycles. The van der Waals surface area contributed by atoms with E-state index in [2.05, 4.69) is 29.1 Å². The van der Waals surface area contributed by atoms with Gasteiger partial charge in [0.25, 0.3) is 5.56 Å². The summed E-state index contributed by atoms with van der Waals surface area (Å²) in [6.45, 7) is 4.22. The number of benzene rings is 2. The zero-order chi connectivity index (χ0) is 25.3. The van der Waals surface area contributed by atoms with Crippen LogP contribution in [-0.2, 0) is 11.0 Å².